The van der Waals surface area contributed by atoms with Gasteiger partial charge in [-0.05, 0) is 36.8 Å². The molecule has 1 atom stereocenters. The molecule has 2 aromatic carbocycles. The zero-order chi connectivity index (χ0) is 22.6. The number of hydrogen-bond donors (Lipinski definition) is 3. The van der Waals surface area contributed by atoms with Crippen molar-refractivity contribution in [2.45, 2.75) is 25.4 Å². The largest absolute Gasteiger partial charge is 0.483 e. The van der Waals surface area contributed by atoms with Crippen LogP contribution in [0.3, 0.4) is 0 Å². The Morgan fingerprint density at radius 2 is 2.00 bits per heavy atom. The van der Waals surface area contributed by atoms with Crippen molar-refractivity contribution < 1.29 is 29.1 Å². The van der Waals surface area contributed by atoms with Gasteiger partial charge >= 0.3 is 5.97 Å². The van der Waals surface area contributed by atoms with E-state index in [9.17, 15) is 19.5 Å². The monoisotopic (exact) mass is 445 g/mol. The Bertz CT molecular complexity index is 1070. The predicted octanol–water partition coefficient (Wildman–Crippen LogP) is 2.49. The number of carboxylic acids is 1. The van der Waals surface area contributed by atoms with Crippen LogP contribution in [-0.4, -0.2) is 40.8 Å². The first kappa shape index (κ1) is 22.1. The first-order valence-corrected chi connectivity index (χ1v) is 9.63. The quantitative estimate of drug-likeness (QED) is 0.570. The van der Waals surface area contributed by atoms with E-state index in [4.69, 9.17) is 26.9 Å². The van der Waals surface area contributed by atoms with E-state index in [0.29, 0.717) is 33.3 Å². The number of anilines is 1. The van der Waals surface area contributed by atoms with Gasteiger partial charge in [-0.2, -0.15) is 0 Å². The second kappa shape index (κ2) is 9.05. The summed E-state index contributed by atoms with van der Waals surface area (Å²) in [7, 11) is 0. The number of hydrogen-bond acceptors (Lipinski definition) is 6. The maximum atomic E-state index is 13.1. The number of primary amides is 1. The van der Waals surface area contributed by atoms with Gasteiger partial charge in [0.25, 0.3) is 11.8 Å². The molecule has 2 amide bonds. The summed E-state index contributed by atoms with van der Waals surface area (Å²) in [5.41, 5.74) is 5.19. The summed E-state index contributed by atoms with van der Waals surface area (Å²) in [4.78, 5) is 41.1. The second-order valence-electron chi connectivity index (χ2n) is 6.99. The highest BCUT2D eigenvalue weighted by molar-refractivity contribution is 6.31. The number of ether oxygens (including phenoxy) is 1. The number of carbonyl (C=O) groups excluding carboxylic acids is 2. The molecule has 1 heterocycles. The number of oxime groups is 1. The number of para-hydroxylation sites is 1. The van der Waals surface area contributed by atoms with Crippen LogP contribution in [0.1, 0.15) is 24.0 Å². The third-order valence-corrected chi connectivity index (χ3v) is 5.13. The first-order valence-electron chi connectivity index (χ1n) is 9.26. The summed E-state index contributed by atoms with van der Waals surface area (Å²) in [6.45, 7) is 1.38. The van der Waals surface area contributed by atoms with Gasteiger partial charge in [-0.15, -0.1) is 0 Å². The third-order valence-electron chi connectivity index (χ3n) is 4.72. The summed E-state index contributed by atoms with van der Waals surface area (Å²) in [5, 5.41) is 16.5. The Kier molecular flexibility index (Phi) is 6.45. The van der Waals surface area contributed by atoms with E-state index in [1.807, 2.05) is 0 Å². The Morgan fingerprint density at radius 3 is 2.71 bits per heavy atom. The average Bonchev–Trinajstić information content (AvgIpc) is 3.14. The van der Waals surface area contributed by atoms with Crippen molar-refractivity contribution in [1.82, 2.24) is 0 Å². The molecular weight excluding hydrogens is 426 g/mol. The SMILES string of the molecule is Cc1c(Cl)cccc1NC(=O)[C@]1(CC(=O)O)CC(c2ccccc2OCC(N)=O)=NO1. The molecule has 2 aromatic rings. The lowest BCUT2D eigenvalue weighted by molar-refractivity contribution is -0.152. The predicted molar refractivity (Wildman–Crippen MR) is 113 cm³/mol. The van der Waals surface area contributed by atoms with E-state index in [0.717, 1.165) is 0 Å². The van der Waals surface area contributed by atoms with E-state index in [1.54, 1.807) is 49.4 Å². The molecule has 0 radical (unpaired) electrons. The summed E-state index contributed by atoms with van der Waals surface area (Å²) in [5.74, 6) is -2.25. The highest BCUT2D eigenvalue weighted by Gasteiger charge is 2.49. The lowest BCUT2D eigenvalue weighted by Crippen LogP contribution is -2.45. The molecule has 31 heavy (non-hydrogen) atoms. The number of amides is 2. The number of halogens is 1. The molecule has 4 N–H and O–H groups in total. The van der Waals surface area contributed by atoms with Crippen molar-refractivity contribution in [2.75, 3.05) is 11.9 Å². The minimum Gasteiger partial charge on any atom is -0.483 e. The van der Waals surface area contributed by atoms with Crippen molar-refractivity contribution in [1.29, 1.82) is 0 Å². The van der Waals surface area contributed by atoms with Crippen LogP contribution in [-0.2, 0) is 19.2 Å². The molecule has 0 fully saturated rings. The summed E-state index contributed by atoms with van der Waals surface area (Å²) < 4.78 is 5.40. The topological polar surface area (TPSA) is 140 Å². The van der Waals surface area contributed by atoms with Crippen LogP contribution in [0, 0.1) is 6.92 Å². The van der Waals surface area contributed by atoms with Gasteiger partial charge in [-0.3, -0.25) is 14.4 Å². The minimum absolute atomic E-state index is 0.123. The zero-order valence-corrected chi connectivity index (χ0v) is 17.3. The fourth-order valence-corrected chi connectivity index (χ4v) is 3.30. The Balaban J connectivity index is 1.87. The fraction of sp³-hybridized carbons (Fsp3) is 0.238. The van der Waals surface area contributed by atoms with Gasteiger partial charge in [0.05, 0.1) is 12.1 Å². The highest BCUT2D eigenvalue weighted by atomic mass is 35.5. The number of benzene rings is 2. The van der Waals surface area contributed by atoms with E-state index in [-0.39, 0.29) is 13.0 Å². The van der Waals surface area contributed by atoms with Crippen molar-refractivity contribution in [3.05, 3.63) is 58.6 Å². The molecule has 3 rings (SSSR count). The van der Waals surface area contributed by atoms with Crippen molar-refractivity contribution in [3.8, 4) is 5.75 Å². The molecule has 0 spiro atoms. The molecule has 0 aromatic heterocycles. The highest BCUT2D eigenvalue weighted by Crippen LogP contribution is 2.35. The summed E-state index contributed by atoms with van der Waals surface area (Å²) in [6, 6.07) is 11.7. The van der Waals surface area contributed by atoms with Gasteiger partial charge in [0, 0.05) is 22.7 Å². The van der Waals surface area contributed by atoms with Crippen molar-refractivity contribution in [3.63, 3.8) is 0 Å². The van der Waals surface area contributed by atoms with Crippen LogP contribution in [0.5, 0.6) is 5.75 Å². The number of carbonyl (C=O) groups is 3. The zero-order valence-electron chi connectivity index (χ0n) is 16.6. The average molecular weight is 446 g/mol. The number of nitrogens with two attached hydrogens (primary N) is 1. The molecule has 0 bridgehead atoms. The molecule has 0 aliphatic carbocycles. The first-order chi connectivity index (χ1) is 14.7. The lowest BCUT2D eigenvalue weighted by Gasteiger charge is -2.24. The lowest BCUT2D eigenvalue weighted by atomic mass is 9.89. The number of nitrogens with zero attached hydrogens (tertiary/aromatic N) is 1. The van der Waals surface area contributed by atoms with Gasteiger partial charge in [0.2, 0.25) is 5.60 Å². The molecule has 0 saturated carbocycles. The summed E-state index contributed by atoms with van der Waals surface area (Å²) >= 11 is 6.10. The normalized spacial score (nSPS) is 17.4. The van der Waals surface area contributed by atoms with E-state index >= 15 is 0 Å². The number of carboxylic acid groups (broad SMARTS) is 1. The van der Waals surface area contributed by atoms with E-state index in [1.165, 1.54) is 0 Å². The summed E-state index contributed by atoms with van der Waals surface area (Å²) in [6.07, 6.45) is -0.739. The van der Waals surface area contributed by atoms with Gasteiger partial charge in [-0.25, -0.2) is 0 Å². The maximum Gasteiger partial charge on any atom is 0.308 e. The Hall–Kier alpha value is -3.59. The van der Waals surface area contributed by atoms with Crippen LogP contribution in [0.15, 0.2) is 47.6 Å². The van der Waals surface area contributed by atoms with Gasteiger partial charge in [0.15, 0.2) is 6.61 Å². The van der Waals surface area contributed by atoms with Crippen LogP contribution >= 0.6 is 11.6 Å². The number of nitrogens with one attached hydrogen (secondary N) is 1. The Labute approximate surface area is 182 Å². The van der Waals surface area contributed by atoms with Crippen molar-refractivity contribution in [2.24, 2.45) is 10.9 Å². The molecule has 1 aliphatic heterocycles. The van der Waals surface area contributed by atoms with E-state index in [2.05, 4.69) is 10.5 Å². The smallest absolute Gasteiger partial charge is 0.308 e. The third kappa shape index (κ3) is 4.95. The van der Waals surface area contributed by atoms with E-state index < -0.39 is 29.8 Å². The molecule has 0 saturated heterocycles. The molecule has 10 heteroatoms. The second-order valence-corrected chi connectivity index (χ2v) is 7.40. The van der Waals surface area contributed by atoms with Gasteiger partial charge < -0.3 is 25.7 Å². The fourth-order valence-electron chi connectivity index (χ4n) is 3.12. The molecule has 0 unspecified atom stereocenters. The molecule has 1 aliphatic rings. The Morgan fingerprint density at radius 1 is 1.26 bits per heavy atom. The van der Waals surface area contributed by atoms with Gasteiger partial charge in [-0.1, -0.05) is 35.0 Å². The van der Waals surface area contributed by atoms with Gasteiger partial charge in [0.1, 0.15) is 5.75 Å². The van der Waals surface area contributed by atoms with Crippen LogP contribution < -0.4 is 15.8 Å². The number of rotatable bonds is 8. The molecular formula is C21H20ClN3O6. The van der Waals surface area contributed by atoms with Crippen molar-refractivity contribution >= 4 is 40.8 Å². The maximum absolute atomic E-state index is 13.1. The van der Waals surface area contributed by atoms with Crippen LogP contribution in [0.4, 0.5) is 5.69 Å². The minimum atomic E-state index is -1.77. The standard InChI is InChI=1S/C21H20ClN3O6/c1-12-14(22)6-4-7-15(12)24-20(29)21(10-19(27)28)9-16(25-31-21)13-5-2-3-8-17(13)30-11-18(23)26/h2-8H,9-11H2,1H3,(H2,23,26)(H,24,29)(H,27,28)/t21-/m1/s1. The number of aliphatic carboxylic acids is 1. The molecule has 9 nitrogen and oxygen atoms in total. The van der Waals surface area contributed by atoms with Crippen LogP contribution in [0.25, 0.3) is 0 Å². The van der Waals surface area contributed by atoms with Crippen LogP contribution in [0.2, 0.25) is 5.02 Å². The molecule has 162 valence electrons.